The third-order valence-electron chi connectivity index (χ3n) is 2.06. The highest BCUT2D eigenvalue weighted by Gasteiger charge is 2.07. The van der Waals surface area contributed by atoms with Crippen molar-refractivity contribution in [3.8, 4) is 0 Å². The van der Waals surface area contributed by atoms with E-state index in [-0.39, 0.29) is 12.0 Å². The standard InChI is InChI=1S/C10H14BrNO2S/c1-2-8(13)3-4-12-10(14)7-5-9(11)15-6-7/h5-6,8,13H,2-4H2,1H3,(H,12,14). The first-order valence-corrected chi connectivity index (χ1v) is 6.51. The third kappa shape index (κ3) is 4.32. The van der Waals surface area contributed by atoms with E-state index >= 15 is 0 Å². The van der Waals surface area contributed by atoms with Gasteiger partial charge in [-0.2, -0.15) is 0 Å². The number of amides is 1. The van der Waals surface area contributed by atoms with Crippen molar-refractivity contribution < 1.29 is 9.90 Å². The Balaban J connectivity index is 2.31. The van der Waals surface area contributed by atoms with Gasteiger partial charge in [-0.05, 0) is 34.8 Å². The van der Waals surface area contributed by atoms with Gasteiger partial charge >= 0.3 is 0 Å². The molecule has 0 saturated carbocycles. The van der Waals surface area contributed by atoms with Crippen LogP contribution in [0.15, 0.2) is 15.2 Å². The normalized spacial score (nSPS) is 12.5. The van der Waals surface area contributed by atoms with E-state index in [4.69, 9.17) is 0 Å². The highest BCUT2D eigenvalue weighted by atomic mass is 79.9. The van der Waals surface area contributed by atoms with Gasteiger partial charge in [0.25, 0.3) is 5.91 Å². The predicted octanol–water partition coefficient (Wildman–Crippen LogP) is 2.40. The Morgan fingerprint density at radius 1 is 1.73 bits per heavy atom. The van der Waals surface area contributed by atoms with Crippen LogP contribution in [0, 0.1) is 0 Å². The molecule has 3 nitrogen and oxygen atoms in total. The van der Waals surface area contributed by atoms with Crippen molar-refractivity contribution in [3.05, 3.63) is 20.8 Å². The van der Waals surface area contributed by atoms with E-state index in [2.05, 4.69) is 21.2 Å². The largest absolute Gasteiger partial charge is 0.393 e. The lowest BCUT2D eigenvalue weighted by Gasteiger charge is -2.07. The van der Waals surface area contributed by atoms with Gasteiger partial charge in [0.05, 0.1) is 15.5 Å². The zero-order valence-electron chi connectivity index (χ0n) is 8.50. The van der Waals surface area contributed by atoms with Crippen LogP contribution in [0.3, 0.4) is 0 Å². The van der Waals surface area contributed by atoms with Crippen LogP contribution >= 0.6 is 27.3 Å². The Bertz CT molecular complexity index is 327. The van der Waals surface area contributed by atoms with E-state index in [0.29, 0.717) is 18.5 Å². The zero-order chi connectivity index (χ0) is 11.3. The fourth-order valence-corrected chi connectivity index (χ4v) is 2.22. The van der Waals surface area contributed by atoms with E-state index in [9.17, 15) is 9.90 Å². The zero-order valence-corrected chi connectivity index (χ0v) is 10.9. The average Bonchev–Trinajstić information content (AvgIpc) is 2.64. The second kappa shape index (κ2) is 6.25. The monoisotopic (exact) mass is 291 g/mol. The second-order valence-electron chi connectivity index (χ2n) is 3.25. The summed E-state index contributed by atoms with van der Waals surface area (Å²) < 4.78 is 0.946. The van der Waals surface area contributed by atoms with Gasteiger partial charge in [-0.15, -0.1) is 11.3 Å². The third-order valence-corrected chi connectivity index (χ3v) is 3.57. The molecule has 0 aromatic carbocycles. The highest BCUT2D eigenvalue weighted by Crippen LogP contribution is 2.20. The molecule has 84 valence electrons. The molecule has 1 amide bonds. The number of thiophene rings is 1. The highest BCUT2D eigenvalue weighted by molar-refractivity contribution is 9.11. The SMILES string of the molecule is CCC(O)CCNC(=O)c1csc(Br)c1. The molecule has 0 bridgehead atoms. The lowest BCUT2D eigenvalue weighted by Crippen LogP contribution is -2.26. The summed E-state index contributed by atoms with van der Waals surface area (Å²) in [6.07, 6.45) is 1.01. The topological polar surface area (TPSA) is 49.3 Å². The summed E-state index contributed by atoms with van der Waals surface area (Å²) in [6.45, 7) is 2.43. The Morgan fingerprint density at radius 2 is 2.47 bits per heavy atom. The molecule has 0 aliphatic carbocycles. The van der Waals surface area contributed by atoms with Crippen molar-refractivity contribution in [1.29, 1.82) is 0 Å². The lowest BCUT2D eigenvalue weighted by molar-refractivity contribution is 0.0942. The number of nitrogens with one attached hydrogen (secondary N) is 1. The number of rotatable bonds is 5. The number of hydrogen-bond donors (Lipinski definition) is 2. The Morgan fingerprint density at radius 3 is 3.00 bits per heavy atom. The van der Waals surface area contributed by atoms with Gasteiger partial charge in [-0.3, -0.25) is 4.79 Å². The molecule has 1 rings (SSSR count). The molecule has 1 aromatic rings. The first kappa shape index (κ1) is 12.7. The second-order valence-corrected chi connectivity index (χ2v) is 5.54. The number of carbonyl (C=O) groups is 1. The molecule has 0 aliphatic heterocycles. The number of halogens is 1. The van der Waals surface area contributed by atoms with Crippen LogP contribution < -0.4 is 5.32 Å². The van der Waals surface area contributed by atoms with Crippen LogP contribution in [0.4, 0.5) is 0 Å². The minimum atomic E-state index is -0.320. The van der Waals surface area contributed by atoms with Crippen LogP contribution in [-0.2, 0) is 0 Å². The molecule has 0 fully saturated rings. The maximum absolute atomic E-state index is 11.5. The molecule has 1 aromatic heterocycles. The molecule has 15 heavy (non-hydrogen) atoms. The molecule has 1 atom stereocenters. The summed E-state index contributed by atoms with van der Waals surface area (Å²) in [6, 6.07) is 1.79. The summed E-state index contributed by atoms with van der Waals surface area (Å²) in [5.74, 6) is -0.0831. The van der Waals surface area contributed by atoms with Gasteiger partial charge < -0.3 is 10.4 Å². The molecular formula is C10H14BrNO2S. The van der Waals surface area contributed by atoms with Crippen LogP contribution in [0.5, 0.6) is 0 Å². The minimum absolute atomic E-state index is 0.0831. The van der Waals surface area contributed by atoms with Crippen LogP contribution in [0.25, 0.3) is 0 Å². The van der Waals surface area contributed by atoms with Crippen molar-refractivity contribution in [2.45, 2.75) is 25.9 Å². The number of aliphatic hydroxyl groups is 1. The number of aliphatic hydroxyl groups excluding tert-OH is 1. The quantitative estimate of drug-likeness (QED) is 0.875. The van der Waals surface area contributed by atoms with Gasteiger partial charge in [0, 0.05) is 11.9 Å². The molecular weight excluding hydrogens is 278 g/mol. The first-order valence-electron chi connectivity index (χ1n) is 4.83. The minimum Gasteiger partial charge on any atom is -0.393 e. The van der Waals surface area contributed by atoms with Crippen LogP contribution in [-0.4, -0.2) is 23.7 Å². The molecule has 1 unspecified atom stereocenters. The summed E-state index contributed by atoms with van der Waals surface area (Å²) in [5.41, 5.74) is 0.665. The number of carbonyl (C=O) groups excluding carboxylic acids is 1. The lowest BCUT2D eigenvalue weighted by atomic mass is 10.2. The summed E-state index contributed by atoms with van der Waals surface area (Å²) >= 11 is 4.79. The van der Waals surface area contributed by atoms with Crippen molar-refractivity contribution in [2.75, 3.05) is 6.54 Å². The van der Waals surface area contributed by atoms with E-state index in [1.165, 1.54) is 11.3 Å². The van der Waals surface area contributed by atoms with Gasteiger partial charge in [-0.25, -0.2) is 0 Å². The smallest absolute Gasteiger partial charge is 0.252 e. The molecule has 5 heteroatoms. The van der Waals surface area contributed by atoms with Gasteiger partial charge in [0.1, 0.15) is 0 Å². The van der Waals surface area contributed by atoms with Gasteiger partial charge in [0.15, 0.2) is 0 Å². The van der Waals surface area contributed by atoms with E-state index in [1.54, 1.807) is 11.4 Å². The molecule has 1 heterocycles. The van der Waals surface area contributed by atoms with Crippen LogP contribution in [0.2, 0.25) is 0 Å². The van der Waals surface area contributed by atoms with E-state index in [1.807, 2.05) is 6.92 Å². The van der Waals surface area contributed by atoms with Crippen molar-refractivity contribution in [3.63, 3.8) is 0 Å². The maximum Gasteiger partial charge on any atom is 0.252 e. The number of hydrogen-bond acceptors (Lipinski definition) is 3. The fourth-order valence-electron chi connectivity index (χ4n) is 1.09. The van der Waals surface area contributed by atoms with E-state index < -0.39 is 0 Å². The van der Waals surface area contributed by atoms with E-state index in [0.717, 1.165) is 10.2 Å². The van der Waals surface area contributed by atoms with Gasteiger partial charge in [0.2, 0.25) is 0 Å². The molecule has 2 N–H and O–H groups in total. The Kier molecular flexibility index (Phi) is 5.28. The Hall–Kier alpha value is -0.390. The van der Waals surface area contributed by atoms with Crippen molar-refractivity contribution in [2.24, 2.45) is 0 Å². The summed E-state index contributed by atoms with van der Waals surface area (Å²) in [7, 11) is 0. The molecule has 0 aliphatic rings. The predicted molar refractivity (Wildman–Crippen MR) is 65.3 cm³/mol. The van der Waals surface area contributed by atoms with Crippen LogP contribution in [0.1, 0.15) is 30.1 Å². The molecule has 0 spiro atoms. The summed E-state index contributed by atoms with van der Waals surface area (Å²) in [5, 5.41) is 13.9. The molecule has 0 saturated heterocycles. The Labute approximate surface area is 102 Å². The first-order chi connectivity index (χ1) is 7.13. The summed E-state index contributed by atoms with van der Waals surface area (Å²) in [4.78, 5) is 11.5. The fraction of sp³-hybridized carbons (Fsp3) is 0.500. The van der Waals surface area contributed by atoms with Crippen molar-refractivity contribution >= 4 is 33.2 Å². The van der Waals surface area contributed by atoms with Crippen molar-refractivity contribution in [1.82, 2.24) is 5.32 Å². The maximum atomic E-state index is 11.5. The van der Waals surface area contributed by atoms with Gasteiger partial charge in [-0.1, -0.05) is 6.92 Å². The average molecular weight is 292 g/mol. The molecule has 0 radical (unpaired) electrons.